The monoisotopic (exact) mass is 253 g/mol. The first-order valence-electron chi connectivity index (χ1n) is 5.81. The molecule has 0 heterocycles. The molecule has 1 fully saturated rings. The molecule has 1 atom stereocenters. The Kier molecular flexibility index (Phi) is 3.69. The number of nitrogens with zero attached hydrogens (tertiary/aromatic N) is 1. The quantitative estimate of drug-likeness (QED) is 0.877. The van der Waals surface area contributed by atoms with Crippen LogP contribution in [-0.4, -0.2) is 28.6 Å². The minimum absolute atomic E-state index is 0.0947. The lowest BCUT2D eigenvalue weighted by Gasteiger charge is -2.27. The normalized spacial score (nSPS) is 17.1. The lowest BCUT2D eigenvalue weighted by molar-refractivity contribution is -0.139. The molecule has 92 valence electrons. The van der Waals surface area contributed by atoms with Crippen molar-refractivity contribution in [1.29, 1.82) is 0 Å². The van der Waals surface area contributed by atoms with E-state index < -0.39 is 5.97 Å². The van der Waals surface area contributed by atoms with Crippen molar-refractivity contribution >= 4 is 17.6 Å². The number of hydrogen-bond donors (Lipinski definition) is 1. The molecule has 0 radical (unpaired) electrons. The van der Waals surface area contributed by atoms with E-state index in [1.54, 1.807) is 0 Å². The Morgan fingerprint density at radius 2 is 2.29 bits per heavy atom. The SMILES string of the molecule is C[C@H](c1cccc(Cl)c1)N(CC(=O)O)C1CC1. The standard InChI is InChI=1S/C13H16ClNO2/c1-9(10-3-2-4-11(14)7-10)15(8-13(16)17)12-5-6-12/h2-4,7,9,12H,5-6,8H2,1H3,(H,16,17)/t9-/m1/s1. The van der Waals surface area contributed by atoms with Crippen molar-refractivity contribution in [1.82, 2.24) is 4.90 Å². The molecule has 1 aromatic rings. The van der Waals surface area contributed by atoms with Crippen molar-refractivity contribution in [3.8, 4) is 0 Å². The highest BCUT2D eigenvalue weighted by atomic mass is 35.5. The zero-order valence-corrected chi connectivity index (χ0v) is 10.5. The van der Waals surface area contributed by atoms with Crippen LogP contribution in [0.25, 0.3) is 0 Å². The molecule has 0 bridgehead atoms. The predicted molar refractivity (Wildman–Crippen MR) is 67.2 cm³/mol. The van der Waals surface area contributed by atoms with Gasteiger partial charge in [-0.3, -0.25) is 9.69 Å². The maximum absolute atomic E-state index is 10.9. The second-order valence-electron chi connectivity index (χ2n) is 4.53. The molecule has 0 aliphatic heterocycles. The highest BCUT2D eigenvalue weighted by Gasteiger charge is 2.33. The number of benzene rings is 1. The summed E-state index contributed by atoms with van der Waals surface area (Å²) in [5, 5.41) is 9.64. The summed E-state index contributed by atoms with van der Waals surface area (Å²) in [4.78, 5) is 12.9. The van der Waals surface area contributed by atoms with E-state index in [4.69, 9.17) is 16.7 Å². The second-order valence-corrected chi connectivity index (χ2v) is 4.96. The van der Waals surface area contributed by atoms with E-state index in [1.165, 1.54) is 0 Å². The molecule has 17 heavy (non-hydrogen) atoms. The minimum atomic E-state index is -0.772. The van der Waals surface area contributed by atoms with Gasteiger partial charge in [-0.05, 0) is 37.5 Å². The van der Waals surface area contributed by atoms with Crippen LogP contribution >= 0.6 is 11.6 Å². The number of rotatable bonds is 5. The number of carboxylic acid groups (broad SMARTS) is 1. The van der Waals surface area contributed by atoms with Crippen molar-refractivity contribution in [2.75, 3.05) is 6.54 Å². The third-order valence-electron chi connectivity index (χ3n) is 3.16. The van der Waals surface area contributed by atoms with Gasteiger partial charge in [0.05, 0.1) is 6.54 Å². The summed E-state index contributed by atoms with van der Waals surface area (Å²) in [5.74, 6) is -0.772. The smallest absolute Gasteiger partial charge is 0.317 e. The van der Waals surface area contributed by atoms with Gasteiger partial charge in [-0.2, -0.15) is 0 Å². The third kappa shape index (κ3) is 3.20. The molecule has 0 unspecified atom stereocenters. The van der Waals surface area contributed by atoms with E-state index >= 15 is 0 Å². The molecule has 3 nitrogen and oxygen atoms in total. The van der Waals surface area contributed by atoms with Crippen LogP contribution < -0.4 is 0 Å². The molecule has 2 rings (SSSR count). The van der Waals surface area contributed by atoms with Gasteiger partial charge < -0.3 is 5.11 Å². The Hall–Kier alpha value is -1.06. The van der Waals surface area contributed by atoms with Crippen LogP contribution in [0.2, 0.25) is 5.02 Å². The lowest BCUT2D eigenvalue weighted by Crippen LogP contribution is -2.34. The molecule has 1 aromatic carbocycles. The van der Waals surface area contributed by atoms with Crippen LogP contribution in [0.4, 0.5) is 0 Å². The van der Waals surface area contributed by atoms with Crippen molar-refractivity contribution in [3.05, 3.63) is 34.9 Å². The van der Waals surface area contributed by atoms with E-state index in [0.29, 0.717) is 11.1 Å². The van der Waals surface area contributed by atoms with Gasteiger partial charge in [0, 0.05) is 17.1 Å². The lowest BCUT2D eigenvalue weighted by atomic mass is 10.1. The van der Waals surface area contributed by atoms with Crippen molar-refractivity contribution in [2.24, 2.45) is 0 Å². The summed E-state index contributed by atoms with van der Waals surface area (Å²) in [7, 11) is 0. The van der Waals surface area contributed by atoms with Crippen LogP contribution in [0.15, 0.2) is 24.3 Å². The first-order chi connectivity index (χ1) is 8.08. The molecule has 1 N–H and O–H groups in total. The first kappa shape index (κ1) is 12.4. The molecule has 0 amide bonds. The number of aliphatic carboxylic acids is 1. The summed E-state index contributed by atoms with van der Waals surface area (Å²) >= 11 is 5.96. The van der Waals surface area contributed by atoms with Gasteiger partial charge in [0.25, 0.3) is 0 Å². The number of halogens is 1. The maximum Gasteiger partial charge on any atom is 0.317 e. The molecule has 1 aliphatic carbocycles. The molecule has 1 saturated carbocycles. The largest absolute Gasteiger partial charge is 0.480 e. The van der Waals surface area contributed by atoms with Crippen LogP contribution in [0.1, 0.15) is 31.4 Å². The highest BCUT2D eigenvalue weighted by Crippen LogP contribution is 2.34. The van der Waals surface area contributed by atoms with Gasteiger partial charge >= 0.3 is 5.97 Å². The molecule has 0 spiro atoms. The fourth-order valence-corrected chi connectivity index (χ4v) is 2.30. The average molecular weight is 254 g/mol. The minimum Gasteiger partial charge on any atom is -0.480 e. The Morgan fingerprint density at radius 3 is 2.82 bits per heavy atom. The molecule has 0 saturated heterocycles. The fourth-order valence-electron chi connectivity index (χ4n) is 2.10. The summed E-state index contributed by atoms with van der Waals surface area (Å²) in [5.41, 5.74) is 1.07. The van der Waals surface area contributed by atoms with Crippen LogP contribution in [0, 0.1) is 0 Å². The predicted octanol–water partition coefficient (Wildman–Crippen LogP) is 2.95. The molecular weight excluding hydrogens is 238 g/mol. The summed E-state index contributed by atoms with van der Waals surface area (Å²) < 4.78 is 0. The van der Waals surface area contributed by atoms with Crippen molar-refractivity contribution < 1.29 is 9.90 Å². The van der Waals surface area contributed by atoms with Crippen LogP contribution in [-0.2, 0) is 4.79 Å². The molecule has 0 aromatic heterocycles. The topological polar surface area (TPSA) is 40.5 Å². The van der Waals surface area contributed by atoms with E-state index in [-0.39, 0.29) is 12.6 Å². The third-order valence-corrected chi connectivity index (χ3v) is 3.40. The Morgan fingerprint density at radius 1 is 1.59 bits per heavy atom. The number of carbonyl (C=O) groups is 1. The Balaban J connectivity index is 2.15. The van der Waals surface area contributed by atoms with Gasteiger partial charge in [0.1, 0.15) is 0 Å². The average Bonchev–Trinajstić information content (AvgIpc) is 3.08. The zero-order valence-electron chi connectivity index (χ0n) is 9.77. The number of hydrogen-bond acceptors (Lipinski definition) is 2. The summed E-state index contributed by atoms with van der Waals surface area (Å²) in [6.07, 6.45) is 2.19. The van der Waals surface area contributed by atoms with Gasteiger partial charge in [-0.1, -0.05) is 23.7 Å². The second kappa shape index (κ2) is 5.07. The van der Waals surface area contributed by atoms with E-state index in [0.717, 1.165) is 18.4 Å². The van der Waals surface area contributed by atoms with Crippen LogP contribution in [0.5, 0.6) is 0 Å². The zero-order chi connectivity index (χ0) is 12.4. The van der Waals surface area contributed by atoms with Crippen molar-refractivity contribution in [3.63, 3.8) is 0 Å². The highest BCUT2D eigenvalue weighted by molar-refractivity contribution is 6.30. The molecular formula is C13H16ClNO2. The Labute approximate surface area is 106 Å². The number of carboxylic acids is 1. The fraction of sp³-hybridized carbons (Fsp3) is 0.462. The van der Waals surface area contributed by atoms with Gasteiger partial charge in [0.15, 0.2) is 0 Å². The maximum atomic E-state index is 10.9. The van der Waals surface area contributed by atoms with Crippen LogP contribution in [0.3, 0.4) is 0 Å². The Bertz CT molecular complexity index is 418. The van der Waals surface area contributed by atoms with E-state index in [2.05, 4.69) is 0 Å². The van der Waals surface area contributed by atoms with Gasteiger partial charge in [-0.15, -0.1) is 0 Å². The first-order valence-corrected chi connectivity index (χ1v) is 6.18. The van der Waals surface area contributed by atoms with Crippen molar-refractivity contribution in [2.45, 2.75) is 31.8 Å². The summed E-state index contributed by atoms with van der Waals surface area (Å²) in [6, 6.07) is 8.14. The van der Waals surface area contributed by atoms with Gasteiger partial charge in [-0.25, -0.2) is 0 Å². The summed E-state index contributed by atoms with van der Waals surface area (Å²) in [6.45, 7) is 2.13. The molecule has 1 aliphatic rings. The van der Waals surface area contributed by atoms with E-state index in [9.17, 15) is 4.79 Å². The van der Waals surface area contributed by atoms with Gasteiger partial charge in [0.2, 0.25) is 0 Å². The molecule has 4 heteroatoms. The van der Waals surface area contributed by atoms with E-state index in [1.807, 2.05) is 36.1 Å².